The summed E-state index contributed by atoms with van der Waals surface area (Å²) in [7, 11) is 0. The van der Waals surface area contributed by atoms with Crippen LogP contribution >= 0.6 is 0 Å². The Kier molecular flexibility index (Phi) is 2.10. The van der Waals surface area contributed by atoms with Crippen molar-refractivity contribution in [2.24, 2.45) is 10.8 Å². The van der Waals surface area contributed by atoms with Gasteiger partial charge in [-0.15, -0.1) is 0 Å². The third-order valence-electron chi connectivity index (χ3n) is 3.10. The lowest BCUT2D eigenvalue weighted by Gasteiger charge is -2.49. The van der Waals surface area contributed by atoms with E-state index in [4.69, 9.17) is 10.2 Å². The van der Waals surface area contributed by atoms with Gasteiger partial charge >= 0.3 is 11.9 Å². The van der Waals surface area contributed by atoms with Gasteiger partial charge in [-0.2, -0.15) is 0 Å². The van der Waals surface area contributed by atoms with Crippen LogP contribution in [0.15, 0.2) is 0 Å². The summed E-state index contributed by atoms with van der Waals surface area (Å²) in [4.78, 5) is 21.6. The largest absolute Gasteiger partial charge is 0.481 e. The standard InChI is InChI=1S/C9H14O4/c1-3-9(7(12)13)4-8(2,5-9)6(10)11/h3-5H2,1-2H3,(H,10,11)(H,12,13). The van der Waals surface area contributed by atoms with Crippen molar-refractivity contribution in [3.8, 4) is 0 Å². The van der Waals surface area contributed by atoms with Crippen LogP contribution in [-0.4, -0.2) is 22.2 Å². The molecule has 4 heteroatoms. The molecule has 74 valence electrons. The predicted octanol–water partition coefficient (Wildman–Crippen LogP) is 1.35. The zero-order valence-electron chi connectivity index (χ0n) is 7.83. The molecule has 0 unspecified atom stereocenters. The van der Waals surface area contributed by atoms with Gasteiger partial charge in [-0.05, 0) is 26.2 Å². The Morgan fingerprint density at radius 1 is 1.23 bits per heavy atom. The summed E-state index contributed by atoms with van der Waals surface area (Å²) < 4.78 is 0. The Morgan fingerprint density at radius 2 is 1.69 bits per heavy atom. The smallest absolute Gasteiger partial charge is 0.309 e. The fraction of sp³-hybridized carbons (Fsp3) is 0.778. The second-order valence-electron chi connectivity index (χ2n) is 4.16. The van der Waals surface area contributed by atoms with E-state index < -0.39 is 22.8 Å². The lowest BCUT2D eigenvalue weighted by atomic mass is 9.52. The quantitative estimate of drug-likeness (QED) is 0.697. The first kappa shape index (κ1) is 10.0. The first-order valence-electron chi connectivity index (χ1n) is 4.33. The maximum atomic E-state index is 10.9. The minimum Gasteiger partial charge on any atom is -0.481 e. The summed E-state index contributed by atoms with van der Waals surface area (Å²) in [6, 6.07) is 0. The van der Waals surface area contributed by atoms with Crippen molar-refractivity contribution in [2.45, 2.75) is 33.1 Å². The first-order chi connectivity index (χ1) is 5.86. The molecule has 0 saturated heterocycles. The van der Waals surface area contributed by atoms with Crippen molar-refractivity contribution in [3.63, 3.8) is 0 Å². The van der Waals surface area contributed by atoms with E-state index in [9.17, 15) is 9.59 Å². The molecule has 0 amide bonds. The van der Waals surface area contributed by atoms with Gasteiger partial charge < -0.3 is 10.2 Å². The van der Waals surface area contributed by atoms with Crippen molar-refractivity contribution in [2.75, 3.05) is 0 Å². The van der Waals surface area contributed by atoms with Crippen LogP contribution < -0.4 is 0 Å². The topological polar surface area (TPSA) is 74.6 Å². The average Bonchev–Trinajstić information content (AvgIpc) is 1.97. The van der Waals surface area contributed by atoms with Gasteiger partial charge in [0.15, 0.2) is 0 Å². The summed E-state index contributed by atoms with van der Waals surface area (Å²) in [5, 5.41) is 17.7. The Labute approximate surface area is 76.6 Å². The van der Waals surface area contributed by atoms with Gasteiger partial charge in [-0.25, -0.2) is 0 Å². The molecule has 1 aliphatic carbocycles. The van der Waals surface area contributed by atoms with Gasteiger partial charge in [0.2, 0.25) is 0 Å². The molecule has 0 aromatic heterocycles. The van der Waals surface area contributed by atoms with Crippen molar-refractivity contribution >= 4 is 11.9 Å². The number of carbonyl (C=O) groups is 2. The third-order valence-corrected chi connectivity index (χ3v) is 3.10. The monoisotopic (exact) mass is 186 g/mol. The zero-order chi connectivity index (χ0) is 10.3. The first-order valence-corrected chi connectivity index (χ1v) is 4.33. The number of hydrogen-bond acceptors (Lipinski definition) is 2. The van der Waals surface area contributed by atoms with E-state index in [1.165, 1.54) is 0 Å². The van der Waals surface area contributed by atoms with Crippen LogP contribution in [0.4, 0.5) is 0 Å². The van der Waals surface area contributed by atoms with Gasteiger partial charge in [0.25, 0.3) is 0 Å². The van der Waals surface area contributed by atoms with Gasteiger partial charge in [0.1, 0.15) is 0 Å². The highest BCUT2D eigenvalue weighted by Crippen LogP contribution is 2.56. The highest BCUT2D eigenvalue weighted by Gasteiger charge is 2.59. The average molecular weight is 186 g/mol. The van der Waals surface area contributed by atoms with Crippen molar-refractivity contribution in [1.29, 1.82) is 0 Å². The Morgan fingerprint density at radius 3 is 1.92 bits per heavy atom. The zero-order valence-corrected chi connectivity index (χ0v) is 7.83. The minimum atomic E-state index is -0.891. The number of rotatable bonds is 3. The Balaban J connectivity index is 2.74. The molecule has 0 aromatic carbocycles. The van der Waals surface area contributed by atoms with Crippen LogP contribution in [0.2, 0.25) is 0 Å². The van der Waals surface area contributed by atoms with Gasteiger partial charge in [0.05, 0.1) is 10.8 Å². The molecule has 0 bridgehead atoms. The van der Waals surface area contributed by atoms with Crippen LogP contribution in [0.25, 0.3) is 0 Å². The number of carboxylic acid groups (broad SMARTS) is 2. The van der Waals surface area contributed by atoms with Crippen LogP contribution in [0.3, 0.4) is 0 Å². The lowest BCUT2D eigenvalue weighted by molar-refractivity contribution is -0.178. The number of hydrogen-bond donors (Lipinski definition) is 2. The van der Waals surface area contributed by atoms with Gasteiger partial charge in [-0.3, -0.25) is 9.59 Å². The molecule has 0 spiro atoms. The summed E-state index contributed by atoms with van der Waals surface area (Å²) in [6.45, 7) is 3.39. The molecular weight excluding hydrogens is 172 g/mol. The normalized spacial score (nSPS) is 38.0. The van der Waals surface area contributed by atoms with Crippen LogP contribution in [0.1, 0.15) is 33.1 Å². The predicted molar refractivity (Wildman–Crippen MR) is 45.3 cm³/mol. The molecule has 13 heavy (non-hydrogen) atoms. The molecule has 0 radical (unpaired) electrons. The van der Waals surface area contributed by atoms with E-state index in [2.05, 4.69) is 0 Å². The van der Waals surface area contributed by atoms with E-state index in [1.807, 2.05) is 0 Å². The molecule has 0 heterocycles. The fourth-order valence-corrected chi connectivity index (χ4v) is 2.15. The molecule has 1 saturated carbocycles. The highest BCUT2D eigenvalue weighted by molar-refractivity contribution is 5.83. The maximum absolute atomic E-state index is 10.9. The van der Waals surface area contributed by atoms with Crippen molar-refractivity contribution in [3.05, 3.63) is 0 Å². The molecule has 1 rings (SSSR count). The SMILES string of the molecule is CCC1(C(=O)O)CC(C)(C(=O)O)C1. The molecular formula is C9H14O4. The van der Waals surface area contributed by atoms with Gasteiger partial charge in [0, 0.05) is 0 Å². The molecule has 2 N–H and O–H groups in total. The summed E-state index contributed by atoms with van der Waals surface area (Å²) in [6.07, 6.45) is 1.01. The van der Waals surface area contributed by atoms with Crippen LogP contribution in [0.5, 0.6) is 0 Å². The second kappa shape index (κ2) is 2.72. The van der Waals surface area contributed by atoms with Crippen LogP contribution in [0, 0.1) is 10.8 Å². The summed E-state index contributed by atoms with van der Waals surface area (Å²) in [5.74, 6) is -1.76. The molecule has 1 aliphatic rings. The van der Waals surface area contributed by atoms with E-state index in [1.54, 1.807) is 13.8 Å². The Bertz CT molecular complexity index is 250. The van der Waals surface area contributed by atoms with E-state index in [-0.39, 0.29) is 12.8 Å². The fourth-order valence-electron chi connectivity index (χ4n) is 2.15. The molecule has 0 aliphatic heterocycles. The van der Waals surface area contributed by atoms with Gasteiger partial charge in [-0.1, -0.05) is 6.92 Å². The number of carboxylic acids is 2. The number of aliphatic carboxylic acids is 2. The third kappa shape index (κ3) is 1.30. The molecule has 4 nitrogen and oxygen atoms in total. The Hall–Kier alpha value is -1.06. The summed E-state index contributed by atoms with van der Waals surface area (Å²) in [5.41, 5.74) is -1.61. The molecule has 0 aromatic rings. The second-order valence-corrected chi connectivity index (χ2v) is 4.16. The highest BCUT2D eigenvalue weighted by atomic mass is 16.4. The molecule has 1 fully saturated rings. The van der Waals surface area contributed by atoms with Crippen molar-refractivity contribution < 1.29 is 19.8 Å². The maximum Gasteiger partial charge on any atom is 0.309 e. The van der Waals surface area contributed by atoms with E-state index in [0.29, 0.717) is 6.42 Å². The minimum absolute atomic E-state index is 0.251. The summed E-state index contributed by atoms with van der Waals surface area (Å²) >= 11 is 0. The van der Waals surface area contributed by atoms with E-state index >= 15 is 0 Å². The van der Waals surface area contributed by atoms with Crippen molar-refractivity contribution in [1.82, 2.24) is 0 Å². The van der Waals surface area contributed by atoms with E-state index in [0.717, 1.165) is 0 Å². The molecule has 0 atom stereocenters. The lowest BCUT2D eigenvalue weighted by Crippen LogP contribution is -2.53. The van der Waals surface area contributed by atoms with Crippen LogP contribution in [-0.2, 0) is 9.59 Å².